The molecule has 0 radical (unpaired) electrons. The van der Waals surface area contributed by atoms with E-state index >= 15 is 0 Å². The third-order valence-corrected chi connectivity index (χ3v) is 4.98. The summed E-state index contributed by atoms with van der Waals surface area (Å²) in [6.07, 6.45) is 1.58. The van der Waals surface area contributed by atoms with Crippen molar-refractivity contribution in [1.29, 1.82) is 0 Å². The van der Waals surface area contributed by atoms with E-state index in [1.165, 1.54) is 0 Å². The van der Waals surface area contributed by atoms with Crippen LogP contribution in [-0.4, -0.2) is 35.9 Å². The molecule has 2 N–H and O–H groups in total. The van der Waals surface area contributed by atoms with E-state index in [0.29, 0.717) is 12.3 Å². The minimum Gasteiger partial charge on any atom is -0.493 e. The zero-order chi connectivity index (χ0) is 21.0. The van der Waals surface area contributed by atoms with E-state index in [4.69, 9.17) is 4.74 Å². The van der Waals surface area contributed by atoms with Crippen LogP contribution in [0.4, 0.5) is 10.5 Å². The Hall–Kier alpha value is -2.88. The lowest BCUT2D eigenvalue weighted by molar-refractivity contribution is -0.127. The summed E-state index contributed by atoms with van der Waals surface area (Å²) < 4.78 is 6.39. The number of hydrogen-bond donors (Lipinski definition) is 2. The molecule has 1 aliphatic heterocycles. The minimum atomic E-state index is -0.624. The summed E-state index contributed by atoms with van der Waals surface area (Å²) in [7, 11) is 0. The highest BCUT2D eigenvalue weighted by Crippen LogP contribution is 2.24. The molecule has 29 heavy (non-hydrogen) atoms. The van der Waals surface area contributed by atoms with Crippen LogP contribution in [0.5, 0.6) is 5.75 Å². The van der Waals surface area contributed by atoms with Gasteiger partial charge in [-0.15, -0.1) is 0 Å². The van der Waals surface area contributed by atoms with Gasteiger partial charge in [0.1, 0.15) is 18.0 Å². The van der Waals surface area contributed by atoms with Gasteiger partial charge in [-0.05, 0) is 77.9 Å². The molecule has 1 aliphatic rings. The van der Waals surface area contributed by atoms with Crippen LogP contribution in [0.15, 0.2) is 48.2 Å². The molecule has 4 amide bonds. The number of amides is 4. The van der Waals surface area contributed by atoms with Crippen LogP contribution < -0.4 is 15.4 Å². The highest BCUT2D eigenvalue weighted by Gasteiger charge is 2.34. The number of benzene rings is 2. The van der Waals surface area contributed by atoms with Gasteiger partial charge in [-0.25, -0.2) is 9.69 Å². The molecular weight excluding hydrogens is 485 g/mol. The predicted molar refractivity (Wildman–Crippen MR) is 118 cm³/mol. The Morgan fingerprint density at radius 2 is 2.03 bits per heavy atom. The quantitative estimate of drug-likeness (QED) is 0.358. The van der Waals surface area contributed by atoms with Crippen LogP contribution in [0.1, 0.15) is 18.1 Å². The number of aryl methyl sites for hydroxylation is 1. The van der Waals surface area contributed by atoms with Crippen LogP contribution in [0, 0.1) is 10.5 Å². The monoisotopic (exact) mass is 505 g/mol. The van der Waals surface area contributed by atoms with Crippen LogP contribution >= 0.6 is 22.6 Å². The third kappa shape index (κ3) is 5.14. The van der Waals surface area contributed by atoms with Gasteiger partial charge in [-0.1, -0.05) is 18.2 Å². The second-order valence-corrected chi connectivity index (χ2v) is 7.58. The van der Waals surface area contributed by atoms with Crippen molar-refractivity contribution in [3.63, 3.8) is 0 Å². The van der Waals surface area contributed by atoms with Crippen molar-refractivity contribution in [2.75, 3.05) is 18.5 Å². The lowest BCUT2D eigenvalue weighted by Gasteiger charge is -2.12. The Labute approximate surface area is 182 Å². The molecule has 7 nitrogen and oxygen atoms in total. The highest BCUT2D eigenvalue weighted by atomic mass is 127. The standard InChI is InChI=1S/C21H20IN3O4/c1-3-29-18-8-7-14(10-16(18)22)11-17-20(27)25(21(28)24-17)12-19(26)23-15-6-4-5-13(2)9-15/h4-11H,3,12H2,1-2H3,(H,23,26)(H,24,28)/b17-11+. The van der Waals surface area contributed by atoms with Gasteiger partial charge in [-0.3, -0.25) is 9.59 Å². The summed E-state index contributed by atoms with van der Waals surface area (Å²) in [6.45, 7) is 4.01. The normalized spacial score (nSPS) is 14.9. The summed E-state index contributed by atoms with van der Waals surface area (Å²) in [5.41, 5.74) is 2.47. The number of carbonyl (C=O) groups excluding carboxylic acids is 3. The molecule has 0 aliphatic carbocycles. The Morgan fingerprint density at radius 1 is 1.24 bits per heavy atom. The molecule has 0 saturated carbocycles. The van der Waals surface area contributed by atoms with Gasteiger partial charge in [0.05, 0.1) is 10.2 Å². The van der Waals surface area contributed by atoms with Gasteiger partial charge < -0.3 is 15.4 Å². The van der Waals surface area contributed by atoms with E-state index in [0.717, 1.165) is 25.3 Å². The summed E-state index contributed by atoms with van der Waals surface area (Å²) >= 11 is 2.15. The Morgan fingerprint density at radius 3 is 2.72 bits per heavy atom. The molecule has 0 atom stereocenters. The maximum atomic E-state index is 12.6. The Kier molecular flexibility index (Phi) is 6.53. The zero-order valence-electron chi connectivity index (χ0n) is 16.0. The number of nitrogens with one attached hydrogen (secondary N) is 2. The van der Waals surface area contributed by atoms with Gasteiger partial charge in [0.2, 0.25) is 5.91 Å². The van der Waals surface area contributed by atoms with E-state index in [-0.39, 0.29) is 12.2 Å². The minimum absolute atomic E-state index is 0.123. The van der Waals surface area contributed by atoms with Crippen molar-refractivity contribution < 1.29 is 19.1 Å². The van der Waals surface area contributed by atoms with E-state index in [2.05, 4.69) is 33.2 Å². The van der Waals surface area contributed by atoms with E-state index in [9.17, 15) is 14.4 Å². The fourth-order valence-corrected chi connectivity index (χ4v) is 3.52. The molecule has 0 unspecified atom stereocenters. The zero-order valence-corrected chi connectivity index (χ0v) is 18.1. The lowest BCUT2D eigenvalue weighted by Crippen LogP contribution is -2.38. The van der Waals surface area contributed by atoms with Crippen molar-refractivity contribution >= 4 is 52.2 Å². The SMILES string of the molecule is CCOc1ccc(/C=C2/NC(=O)N(CC(=O)Nc3cccc(C)c3)C2=O)cc1I. The largest absolute Gasteiger partial charge is 0.493 e. The highest BCUT2D eigenvalue weighted by molar-refractivity contribution is 14.1. The molecule has 2 aromatic carbocycles. The molecule has 3 rings (SSSR count). The van der Waals surface area contributed by atoms with Gasteiger partial charge >= 0.3 is 6.03 Å². The summed E-state index contributed by atoms with van der Waals surface area (Å²) in [4.78, 5) is 37.9. The maximum Gasteiger partial charge on any atom is 0.329 e. The number of nitrogens with zero attached hydrogens (tertiary/aromatic N) is 1. The van der Waals surface area contributed by atoms with Crippen molar-refractivity contribution in [3.8, 4) is 5.75 Å². The van der Waals surface area contributed by atoms with Crippen LogP contribution in [0.25, 0.3) is 6.08 Å². The first-order valence-corrected chi connectivity index (χ1v) is 10.1. The Balaban J connectivity index is 1.69. The van der Waals surface area contributed by atoms with Gasteiger partial charge in [0, 0.05) is 5.69 Å². The maximum absolute atomic E-state index is 12.6. The summed E-state index contributed by atoms with van der Waals surface area (Å²) in [6, 6.07) is 12.1. The molecule has 0 aromatic heterocycles. The molecule has 0 spiro atoms. The second kappa shape index (κ2) is 9.08. The first kappa shape index (κ1) is 20.8. The van der Waals surface area contributed by atoms with Crippen molar-refractivity contribution in [2.45, 2.75) is 13.8 Å². The molecule has 150 valence electrons. The topological polar surface area (TPSA) is 87.7 Å². The fraction of sp³-hybridized carbons (Fsp3) is 0.190. The lowest BCUT2D eigenvalue weighted by atomic mass is 10.2. The molecule has 0 bridgehead atoms. The average Bonchev–Trinajstić information content (AvgIpc) is 2.91. The molecule has 1 heterocycles. The number of urea groups is 1. The number of carbonyl (C=O) groups is 3. The first-order chi connectivity index (χ1) is 13.9. The van der Waals surface area contributed by atoms with Gasteiger partial charge in [0.25, 0.3) is 5.91 Å². The first-order valence-electron chi connectivity index (χ1n) is 9.01. The molecular formula is C21H20IN3O4. The van der Waals surface area contributed by atoms with Crippen LogP contribution in [0.2, 0.25) is 0 Å². The summed E-state index contributed by atoms with van der Waals surface area (Å²) in [5, 5.41) is 5.22. The number of halogens is 1. The van der Waals surface area contributed by atoms with Crippen LogP contribution in [0.3, 0.4) is 0 Å². The molecule has 1 saturated heterocycles. The van der Waals surface area contributed by atoms with E-state index in [1.807, 2.05) is 44.2 Å². The Bertz CT molecular complexity index is 1000. The number of imide groups is 1. The fourth-order valence-electron chi connectivity index (χ4n) is 2.83. The van der Waals surface area contributed by atoms with Gasteiger partial charge in [-0.2, -0.15) is 0 Å². The van der Waals surface area contributed by atoms with Crippen molar-refractivity contribution in [2.24, 2.45) is 0 Å². The van der Waals surface area contributed by atoms with Gasteiger partial charge in [0.15, 0.2) is 0 Å². The van der Waals surface area contributed by atoms with Crippen molar-refractivity contribution in [3.05, 3.63) is 62.9 Å². The molecule has 1 fully saturated rings. The van der Waals surface area contributed by atoms with E-state index < -0.39 is 17.8 Å². The van der Waals surface area contributed by atoms with Crippen LogP contribution in [-0.2, 0) is 9.59 Å². The average molecular weight is 505 g/mol. The smallest absolute Gasteiger partial charge is 0.329 e. The number of anilines is 1. The van der Waals surface area contributed by atoms with E-state index in [1.54, 1.807) is 18.2 Å². The molecule has 2 aromatic rings. The number of rotatable bonds is 6. The molecule has 8 heteroatoms. The second-order valence-electron chi connectivity index (χ2n) is 6.42. The number of hydrogen-bond acceptors (Lipinski definition) is 4. The number of ether oxygens (including phenoxy) is 1. The predicted octanol–water partition coefficient (Wildman–Crippen LogP) is 3.53. The summed E-state index contributed by atoms with van der Waals surface area (Å²) in [5.74, 6) is -0.235. The third-order valence-electron chi connectivity index (χ3n) is 4.13. The van der Waals surface area contributed by atoms with Crippen molar-refractivity contribution in [1.82, 2.24) is 10.2 Å².